The van der Waals surface area contributed by atoms with Gasteiger partial charge in [0.15, 0.2) is 0 Å². The Morgan fingerprint density at radius 2 is 2.08 bits per heavy atom. The Balaban J connectivity index is 3.72. The van der Waals surface area contributed by atoms with Gasteiger partial charge in [0.05, 0.1) is 6.61 Å². The van der Waals surface area contributed by atoms with Gasteiger partial charge in [0.1, 0.15) is 12.6 Å². The van der Waals surface area contributed by atoms with Crippen LogP contribution < -0.4 is 11.1 Å². The second-order valence-electron chi connectivity index (χ2n) is 2.12. The van der Waals surface area contributed by atoms with Crippen LogP contribution in [0.5, 0.6) is 0 Å². The van der Waals surface area contributed by atoms with Crippen LogP contribution in [0.2, 0.25) is 0 Å². The Morgan fingerprint density at radius 1 is 1.58 bits per heavy atom. The van der Waals surface area contributed by atoms with E-state index < -0.39 is 31.3 Å². The van der Waals surface area contributed by atoms with E-state index in [0.717, 1.165) is 0 Å². The minimum Gasteiger partial charge on any atom is -0.394 e. The molecule has 0 unspecified atom stereocenters. The van der Waals surface area contributed by atoms with Crippen LogP contribution in [0, 0.1) is 0 Å². The largest absolute Gasteiger partial charge is 0.405 e. The zero-order valence-electron chi connectivity index (χ0n) is 6.06. The van der Waals surface area contributed by atoms with E-state index in [0.29, 0.717) is 0 Å². The van der Waals surface area contributed by atoms with Gasteiger partial charge in [0, 0.05) is 0 Å². The van der Waals surface area contributed by atoms with Crippen molar-refractivity contribution in [2.24, 2.45) is 5.73 Å². The number of hydrogen-bond acceptors (Lipinski definition) is 3. The summed E-state index contributed by atoms with van der Waals surface area (Å²) in [4.78, 5) is 10.5. The molecule has 0 aliphatic heterocycles. The Bertz CT molecular complexity index is 159. The summed E-state index contributed by atoms with van der Waals surface area (Å²) < 4.78 is 34.4. The molecule has 0 saturated carbocycles. The van der Waals surface area contributed by atoms with Crippen molar-refractivity contribution in [2.45, 2.75) is 12.2 Å². The topological polar surface area (TPSA) is 75.3 Å². The van der Waals surface area contributed by atoms with Crippen LogP contribution in [0.25, 0.3) is 0 Å². The number of amides is 1. The summed E-state index contributed by atoms with van der Waals surface area (Å²) in [7, 11) is 0. The van der Waals surface area contributed by atoms with Gasteiger partial charge in [-0.05, 0) is 0 Å². The molecule has 0 aromatic rings. The molecular weight excluding hydrogens is 177 g/mol. The van der Waals surface area contributed by atoms with E-state index in [1.54, 1.807) is 0 Å². The van der Waals surface area contributed by atoms with Crippen LogP contribution in [-0.4, -0.2) is 36.4 Å². The molecule has 4 nitrogen and oxygen atoms in total. The quantitative estimate of drug-likeness (QED) is 0.528. The highest BCUT2D eigenvalue weighted by atomic mass is 19.4. The van der Waals surface area contributed by atoms with Gasteiger partial charge in [0.25, 0.3) is 0 Å². The number of nitrogens with one attached hydrogen (secondary N) is 1. The van der Waals surface area contributed by atoms with E-state index in [1.165, 1.54) is 5.32 Å². The van der Waals surface area contributed by atoms with E-state index >= 15 is 0 Å². The Hall–Kier alpha value is -0.820. The summed E-state index contributed by atoms with van der Waals surface area (Å²) in [6.07, 6.45) is -4.45. The molecule has 0 spiro atoms. The number of aliphatic hydroxyl groups is 1. The molecule has 0 aliphatic carbocycles. The van der Waals surface area contributed by atoms with E-state index in [2.05, 4.69) is 0 Å². The average Bonchev–Trinajstić information content (AvgIpc) is 1.97. The molecule has 0 rings (SSSR count). The number of aliphatic hydroxyl groups excluding tert-OH is 1. The predicted molar refractivity (Wildman–Crippen MR) is 34.1 cm³/mol. The molecule has 0 aromatic carbocycles. The third-order valence-corrected chi connectivity index (χ3v) is 0.997. The highest BCUT2D eigenvalue weighted by Crippen LogP contribution is 2.11. The number of rotatable bonds is 3. The van der Waals surface area contributed by atoms with Crippen molar-refractivity contribution in [3.8, 4) is 0 Å². The van der Waals surface area contributed by atoms with Crippen molar-refractivity contribution in [3.63, 3.8) is 0 Å². The summed E-state index contributed by atoms with van der Waals surface area (Å²) in [6.45, 7) is -2.11. The molecule has 72 valence electrons. The fourth-order valence-corrected chi connectivity index (χ4v) is 0.401. The number of hydrogen-bond donors (Lipinski definition) is 3. The van der Waals surface area contributed by atoms with E-state index in [4.69, 9.17) is 10.8 Å². The normalized spacial score (nSPS) is 14.1. The van der Waals surface area contributed by atoms with Gasteiger partial charge >= 0.3 is 6.18 Å². The van der Waals surface area contributed by atoms with Gasteiger partial charge < -0.3 is 16.2 Å². The number of alkyl halides is 3. The summed E-state index contributed by atoms with van der Waals surface area (Å²) in [5.74, 6) is -1.02. The van der Waals surface area contributed by atoms with Gasteiger partial charge in [-0.3, -0.25) is 4.79 Å². The number of carbonyl (C=O) groups excluding carboxylic acids is 1. The SMILES string of the molecule is N[C@@H](CO)C(=O)NCC(F)(F)F. The zero-order chi connectivity index (χ0) is 9.78. The van der Waals surface area contributed by atoms with E-state index in [1.807, 2.05) is 0 Å². The third-order valence-electron chi connectivity index (χ3n) is 0.997. The Labute approximate surface area is 66.5 Å². The smallest absolute Gasteiger partial charge is 0.394 e. The monoisotopic (exact) mass is 186 g/mol. The number of nitrogens with two attached hydrogens (primary N) is 1. The van der Waals surface area contributed by atoms with Gasteiger partial charge in [-0.2, -0.15) is 13.2 Å². The molecule has 1 amide bonds. The van der Waals surface area contributed by atoms with Crippen LogP contribution in [0.15, 0.2) is 0 Å². The Kier molecular flexibility index (Phi) is 3.98. The molecule has 0 heterocycles. The van der Waals surface area contributed by atoms with Crippen molar-refractivity contribution in [1.29, 1.82) is 0 Å². The summed E-state index contributed by atoms with van der Waals surface area (Å²) >= 11 is 0. The molecule has 0 aliphatic rings. The first-order chi connectivity index (χ1) is 5.37. The van der Waals surface area contributed by atoms with Crippen molar-refractivity contribution in [3.05, 3.63) is 0 Å². The van der Waals surface area contributed by atoms with Crippen molar-refractivity contribution < 1.29 is 23.1 Å². The zero-order valence-corrected chi connectivity index (χ0v) is 6.06. The Morgan fingerprint density at radius 3 is 2.42 bits per heavy atom. The maximum atomic E-state index is 11.5. The lowest BCUT2D eigenvalue weighted by molar-refractivity contribution is -0.139. The molecule has 7 heteroatoms. The lowest BCUT2D eigenvalue weighted by Crippen LogP contribution is -2.45. The maximum absolute atomic E-state index is 11.5. The van der Waals surface area contributed by atoms with E-state index in [9.17, 15) is 18.0 Å². The lowest BCUT2D eigenvalue weighted by Gasteiger charge is -2.10. The van der Waals surface area contributed by atoms with Gasteiger partial charge in [0.2, 0.25) is 5.91 Å². The molecule has 0 saturated heterocycles. The van der Waals surface area contributed by atoms with Gasteiger partial charge in [-0.25, -0.2) is 0 Å². The summed E-state index contributed by atoms with van der Waals surface area (Å²) in [6, 6.07) is -1.30. The first-order valence-corrected chi connectivity index (χ1v) is 3.07. The highest BCUT2D eigenvalue weighted by molar-refractivity contribution is 5.81. The molecule has 12 heavy (non-hydrogen) atoms. The van der Waals surface area contributed by atoms with Crippen molar-refractivity contribution >= 4 is 5.91 Å². The van der Waals surface area contributed by atoms with Crippen molar-refractivity contribution in [1.82, 2.24) is 5.32 Å². The van der Waals surface area contributed by atoms with Crippen LogP contribution >= 0.6 is 0 Å². The standard InChI is InChI=1S/C5H9F3N2O2/c6-5(7,8)2-10-4(12)3(9)1-11/h3,11H,1-2,9H2,(H,10,12)/t3-/m0/s1. The van der Waals surface area contributed by atoms with Crippen molar-refractivity contribution in [2.75, 3.05) is 13.2 Å². The van der Waals surface area contributed by atoms with Crippen LogP contribution in [0.3, 0.4) is 0 Å². The van der Waals surface area contributed by atoms with Crippen LogP contribution in [0.1, 0.15) is 0 Å². The number of carbonyl (C=O) groups is 1. The molecule has 4 N–H and O–H groups in total. The predicted octanol–water partition coefficient (Wildman–Crippen LogP) is -1.02. The number of halogens is 3. The minimum atomic E-state index is -4.45. The van der Waals surface area contributed by atoms with E-state index in [-0.39, 0.29) is 0 Å². The maximum Gasteiger partial charge on any atom is 0.405 e. The second kappa shape index (κ2) is 4.27. The van der Waals surface area contributed by atoms with Crippen LogP contribution in [0.4, 0.5) is 13.2 Å². The molecule has 1 atom stereocenters. The van der Waals surface area contributed by atoms with Crippen LogP contribution in [-0.2, 0) is 4.79 Å². The average molecular weight is 186 g/mol. The molecule has 0 aromatic heterocycles. The molecular formula is C5H9F3N2O2. The fraction of sp³-hybridized carbons (Fsp3) is 0.800. The molecule has 0 radical (unpaired) electrons. The summed E-state index contributed by atoms with van der Waals surface area (Å²) in [5, 5.41) is 9.79. The molecule has 0 bridgehead atoms. The lowest BCUT2D eigenvalue weighted by atomic mass is 10.3. The molecule has 0 fully saturated rings. The third kappa shape index (κ3) is 4.91. The highest BCUT2D eigenvalue weighted by Gasteiger charge is 2.28. The fourth-order valence-electron chi connectivity index (χ4n) is 0.401. The first kappa shape index (κ1) is 11.2. The summed E-state index contributed by atoms with van der Waals surface area (Å²) in [5.41, 5.74) is 4.92. The minimum absolute atomic E-state index is 0.677. The van der Waals surface area contributed by atoms with Gasteiger partial charge in [-0.15, -0.1) is 0 Å². The van der Waals surface area contributed by atoms with Gasteiger partial charge in [-0.1, -0.05) is 0 Å². The second-order valence-corrected chi connectivity index (χ2v) is 2.12. The first-order valence-electron chi connectivity index (χ1n) is 3.07.